The largest absolute Gasteiger partial charge is 0.497 e. The van der Waals surface area contributed by atoms with E-state index < -0.39 is 10.0 Å². The molecule has 1 aliphatic carbocycles. The number of aryl methyl sites for hydroxylation is 1. The van der Waals surface area contributed by atoms with E-state index in [2.05, 4.69) is 0 Å². The van der Waals surface area contributed by atoms with Crippen LogP contribution in [0, 0.1) is 0 Å². The lowest BCUT2D eigenvalue weighted by atomic mass is 10.1. The normalized spacial score (nSPS) is 15.4. The molecule has 0 aromatic heterocycles. The Morgan fingerprint density at radius 3 is 2.62 bits per heavy atom. The summed E-state index contributed by atoms with van der Waals surface area (Å²) in [6.45, 7) is 2.57. The van der Waals surface area contributed by atoms with Crippen LogP contribution >= 0.6 is 11.6 Å². The van der Waals surface area contributed by atoms with Gasteiger partial charge in [-0.05, 0) is 49.4 Å². The van der Waals surface area contributed by atoms with E-state index in [0.717, 1.165) is 24.8 Å². The van der Waals surface area contributed by atoms with Crippen molar-refractivity contribution < 1.29 is 13.2 Å². The molecule has 21 heavy (non-hydrogen) atoms. The Hall–Kier alpha value is -0.780. The second-order valence-corrected chi connectivity index (χ2v) is 7.50. The lowest BCUT2D eigenvalue weighted by Crippen LogP contribution is -2.34. The number of hydrogen-bond donors (Lipinski definition) is 0. The van der Waals surface area contributed by atoms with Gasteiger partial charge < -0.3 is 4.74 Å². The standard InChI is InChI=1S/C15H22ClNO3S/c1-3-10-17(13-4-5-13)21(18,19)15-7-6-14(20-2)11-12(15)8-9-16/h6-7,11,13H,3-5,8-10H2,1-2H3. The summed E-state index contributed by atoms with van der Waals surface area (Å²) in [6, 6.07) is 5.27. The molecule has 0 radical (unpaired) electrons. The first-order chi connectivity index (χ1) is 10.0. The molecule has 0 bridgehead atoms. The molecule has 0 heterocycles. The van der Waals surface area contributed by atoms with Crippen LogP contribution in [-0.4, -0.2) is 38.3 Å². The van der Waals surface area contributed by atoms with E-state index in [1.165, 1.54) is 0 Å². The number of alkyl halides is 1. The van der Waals surface area contributed by atoms with Gasteiger partial charge in [-0.25, -0.2) is 8.42 Å². The Bertz CT molecular complexity index is 585. The van der Waals surface area contributed by atoms with Crippen molar-refractivity contribution in [1.29, 1.82) is 0 Å². The molecule has 0 aliphatic heterocycles. The average molecular weight is 332 g/mol. The van der Waals surface area contributed by atoms with Gasteiger partial charge in [0.25, 0.3) is 0 Å². The lowest BCUT2D eigenvalue weighted by Gasteiger charge is -2.23. The van der Waals surface area contributed by atoms with Crippen molar-refractivity contribution in [1.82, 2.24) is 4.31 Å². The van der Waals surface area contributed by atoms with E-state index >= 15 is 0 Å². The number of ether oxygens (including phenoxy) is 1. The second-order valence-electron chi connectivity index (χ2n) is 5.26. The molecular formula is C15H22ClNO3S. The maximum absolute atomic E-state index is 12.9. The van der Waals surface area contributed by atoms with Crippen molar-refractivity contribution in [2.24, 2.45) is 0 Å². The molecule has 1 aromatic rings. The summed E-state index contributed by atoms with van der Waals surface area (Å²) in [5, 5.41) is 0. The molecule has 0 amide bonds. The van der Waals surface area contributed by atoms with Crippen LogP contribution < -0.4 is 4.74 Å². The molecule has 118 valence electrons. The van der Waals surface area contributed by atoms with E-state index in [1.54, 1.807) is 29.6 Å². The van der Waals surface area contributed by atoms with Gasteiger partial charge in [-0.2, -0.15) is 4.31 Å². The molecule has 1 aliphatic rings. The Morgan fingerprint density at radius 1 is 1.38 bits per heavy atom. The van der Waals surface area contributed by atoms with Crippen molar-refractivity contribution >= 4 is 21.6 Å². The predicted octanol–water partition coefficient (Wildman–Crippen LogP) is 3.04. The van der Waals surface area contributed by atoms with Gasteiger partial charge in [-0.3, -0.25) is 0 Å². The molecule has 1 fully saturated rings. The van der Waals surface area contributed by atoms with Crippen LogP contribution in [0.15, 0.2) is 23.1 Å². The first-order valence-corrected chi connectivity index (χ1v) is 9.26. The van der Waals surface area contributed by atoms with Crippen molar-refractivity contribution in [3.63, 3.8) is 0 Å². The van der Waals surface area contributed by atoms with E-state index in [4.69, 9.17) is 16.3 Å². The van der Waals surface area contributed by atoms with Gasteiger partial charge in [0.05, 0.1) is 12.0 Å². The molecule has 1 saturated carbocycles. The number of benzene rings is 1. The molecule has 0 N–H and O–H groups in total. The minimum absolute atomic E-state index is 0.168. The number of hydrogen-bond acceptors (Lipinski definition) is 3. The third-order valence-electron chi connectivity index (χ3n) is 3.62. The Balaban J connectivity index is 2.42. The maximum atomic E-state index is 12.9. The highest BCUT2D eigenvalue weighted by Crippen LogP contribution is 2.34. The first-order valence-electron chi connectivity index (χ1n) is 7.29. The zero-order valence-corrected chi connectivity index (χ0v) is 14.1. The molecule has 0 atom stereocenters. The molecule has 2 rings (SSSR count). The molecule has 1 aromatic carbocycles. The molecular weight excluding hydrogens is 310 g/mol. The van der Waals surface area contributed by atoms with Crippen molar-refractivity contribution in [2.75, 3.05) is 19.5 Å². The minimum atomic E-state index is -3.46. The fraction of sp³-hybridized carbons (Fsp3) is 0.600. The molecule has 0 saturated heterocycles. The van der Waals surface area contributed by atoms with Gasteiger partial charge in [0.1, 0.15) is 5.75 Å². The SMILES string of the molecule is CCCN(C1CC1)S(=O)(=O)c1ccc(OC)cc1CCCl. The summed E-state index contributed by atoms with van der Waals surface area (Å²) in [5.74, 6) is 1.04. The zero-order valence-electron chi connectivity index (χ0n) is 12.5. The van der Waals surface area contributed by atoms with E-state index in [-0.39, 0.29) is 6.04 Å². The average Bonchev–Trinajstić information content (AvgIpc) is 3.29. The van der Waals surface area contributed by atoms with E-state index in [1.807, 2.05) is 6.92 Å². The van der Waals surface area contributed by atoms with Gasteiger partial charge >= 0.3 is 0 Å². The van der Waals surface area contributed by atoms with Gasteiger partial charge in [0.2, 0.25) is 10.0 Å². The van der Waals surface area contributed by atoms with Crippen molar-refractivity contribution in [3.8, 4) is 5.75 Å². The maximum Gasteiger partial charge on any atom is 0.243 e. The lowest BCUT2D eigenvalue weighted by molar-refractivity contribution is 0.401. The smallest absolute Gasteiger partial charge is 0.243 e. The molecule has 4 nitrogen and oxygen atoms in total. The van der Waals surface area contributed by atoms with Crippen molar-refractivity contribution in [2.45, 2.75) is 43.5 Å². The minimum Gasteiger partial charge on any atom is -0.497 e. The summed E-state index contributed by atoms with van der Waals surface area (Å²) >= 11 is 5.82. The van der Waals surface area contributed by atoms with E-state index in [9.17, 15) is 8.42 Å². The van der Waals surface area contributed by atoms with Crippen LogP contribution in [0.2, 0.25) is 0 Å². The summed E-state index contributed by atoms with van der Waals surface area (Å²) in [5.41, 5.74) is 0.728. The fourth-order valence-corrected chi connectivity index (χ4v) is 4.65. The third kappa shape index (κ3) is 3.71. The highest BCUT2D eigenvalue weighted by atomic mass is 35.5. The summed E-state index contributed by atoms with van der Waals surface area (Å²) < 4.78 is 32.7. The number of nitrogens with zero attached hydrogens (tertiary/aromatic N) is 1. The quantitative estimate of drug-likeness (QED) is 0.688. The first kappa shape index (κ1) is 16.6. The predicted molar refractivity (Wildman–Crippen MR) is 84.6 cm³/mol. The van der Waals surface area contributed by atoms with Crippen LogP contribution in [0.5, 0.6) is 5.75 Å². The highest BCUT2D eigenvalue weighted by Gasteiger charge is 2.38. The van der Waals surface area contributed by atoms with E-state index in [0.29, 0.717) is 29.5 Å². The topological polar surface area (TPSA) is 46.6 Å². The molecule has 0 spiro atoms. The zero-order chi connectivity index (χ0) is 15.5. The number of rotatable bonds is 8. The number of methoxy groups -OCH3 is 1. The fourth-order valence-electron chi connectivity index (χ4n) is 2.44. The van der Waals surface area contributed by atoms with Crippen LogP contribution in [0.3, 0.4) is 0 Å². The Labute approximate surface area is 132 Å². The Morgan fingerprint density at radius 2 is 2.10 bits per heavy atom. The Kier molecular flexibility index (Phi) is 5.52. The second kappa shape index (κ2) is 6.99. The number of sulfonamides is 1. The summed E-state index contributed by atoms with van der Waals surface area (Å²) in [4.78, 5) is 0.365. The van der Waals surface area contributed by atoms with Gasteiger partial charge in [-0.1, -0.05) is 6.92 Å². The van der Waals surface area contributed by atoms with Crippen LogP contribution in [-0.2, 0) is 16.4 Å². The van der Waals surface area contributed by atoms with Crippen LogP contribution in [0.1, 0.15) is 31.7 Å². The number of halogens is 1. The van der Waals surface area contributed by atoms with Crippen molar-refractivity contribution in [3.05, 3.63) is 23.8 Å². The van der Waals surface area contributed by atoms with Gasteiger partial charge in [0.15, 0.2) is 0 Å². The third-order valence-corrected chi connectivity index (χ3v) is 5.86. The van der Waals surface area contributed by atoms with Crippen LogP contribution in [0.25, 0.3) is 0 Å². The summed E-state index contributed by atoms with van der Waals surface area (Å²) in [6.07, 6.45) is 3.25. The monoisotopic (exact) mass is 331 g/mol. The summed E-state index contributed by atoms with van der Waals surface area (Å²) in [7, 11) is -1.89. The molecule has 0 unspecified atom stereocenters. The molecule has 6 heteroatoms. The highest BCUT2D eigenvalue weighted by molar-refractivity contribution is 7.89. The van der Waals surface area contributed by atoms with Gasteiger partial charge in [0, 0.05) is 18.5 Å². The van der Waals surface area contributed by atoms with Gasteiger partial charge in [-0.15, -0.1) is 11.6 Å². The van der Waals surface area contributed by atoms with Crippen LogP contribution in [0.4, 0.5) is 0 Å².